The molecule has 0 bridgehead atoms. The van der Waals surface area contributed by atoms with E-state index >= 15 is 0 Å². The van der Waals surface area contributed by atoms with Crippen LogP contribution in [0.15, 0.2) is 18.2 Å². The normalized spacial score (nSPS) is 18.2. The largest absolute Gasteiger partial charge is 0.396 e. The molecule has 2 N–H and O–H groups in total. The van der Waals surface area contributed by atoms with E-state index in [0.29, 0.717) is 22.3 Å². The fourth-order valence-electron chi connectivity index (χ4n) is 2.79. The van der Waals surface area contributed by atoms with E-state index in [-0.39, 0.29) is 17.9 Å². The van der Waals surface area contributed by atoms with E-state index in [0.717, 1.165) is 32.4 Å². The fourth-order valence-corrected chi connectivity index (χ4v) is 3.25. The summed E-state index contributed by atoms with van der Waals surface area (Å²) < 4.78 is 0. The first kappa shape index (κ1) is 17.5. The summed E-state index contributed by atoms with van der Waals surface area (Å²) in [4.78, 5) is 14.2. The van der Waals surface area contributed by atoms with Crippen molar-refractivity contribution in [3.63, 3.8) is 0 Å². The Morgan fingerprint density at radius 1 is 1.36 bits per heavy atom. The number of amides is 1. The molecule has 1 aliphatic heterocycles. The second-order valence-electron chi connectivity index (χ2n) is 5.96. The van der Waals surface area contributed by atoms with Gasteiger partial charge in [-0.25, -0.2) is 0 Å². The molecular formula is C16H22Cl2N2O2. The Labute approximate surface area is 141 Å². The zero-order chi connectivity index (χ0) is 16.2. The highest BCUT2D eigenvalue weighted by Gasteiger charge is 2.32. The van der Waals surface area contributed by atoms with Crippen LogP contribution in [0, 0.1) is 5.41 Å². The molecule has 1 amide bonds. The highest BCUT2D eigenvalue weighted by atomic mass is 35.5. The van der Waals surface area contributed by atoms with E-state index in [1.165, 1.54) is 0 Å². The van der Waals surface area contributed by atoms with Crippen LogP contribution in [0.4, 0.5) is 5.69 Å². The minimum absolute atomic E-state index is 0.0342. The minimum Gasteiger partial charge on any atom is -0.396 e. The Morgan fingerprint density at radius 3 is 2.59 bits per heavy atom. The molecule has 0 radical (unpaired) electrons. The molecule has 1 aromatic carbocycles. The van der Waals surface area contributed by atoms with Crippen molar-refractivity contribution in [1.82, 2.24) is 4.90 Å². The zero-order valence-electron chi connectivity index (χ0n) is 12.7. The van der Waals surface area contributed by atoms with Crippen LogP contribution in [0.2, 0.25) is 10.0 Å². The second-order valence-corrected chi connectivity index (χ2v) is 6.80. The molecular weight excluding hydrogens is 323 g/mol. The van der Waals surface area contributed by atoms with Crippen molar-refractivity contribution < 1.29 is 9.90 Å². The van der Waals surface area contributed by atoms with Gasteiger partial charge in [-0.3, -0.25) is 9.69 Å². The number of likely N-dealkylation sites (tertiary alicyclic amines) is 1. The molecule has 0 spiro atoms. The van der Waals surface area contributed by atoms with Gasteiger partial charge in [0.2, 0.25) is 5.91 Å². The third kappa shape index (κ3) is 4.35. The molecule has 0 unspecified atom stereocenters. The van der Waals surface area contributed by atoms with Crippen molar-refractivity contribution in [2.24, 2.45) is 5.41 Å². The molecule has 122 valence electrons. The van der Waals surface area contributed by atoms with E-state index in [2.05, 4.69) is 17.1 Å². The summed E-state index contributed by atoms with van der Waals surface area (Å²) >= 11 is 11.9. The van der Waals surface area contributed by atoms with E-state index in [4.69, 9.17) is 23.2 Å². The second kappa shape index (κ2) is 7.64. The molecule has 6 heteroatoms. The molecule has 0 saturated carbocycles. The summed E-state index contributed by atoms with van der Waals surface area (Å²) in [6, 6.07) is 5.00. The van der Waals surface area contributed by atoms with Gasteiger partial charge in [0, 0.05) is 11.6 Å². The summed E-state index contributed by atoms with van der Waals surface area (Å²) in [5, 5.41) is 13.3. The van der Waals surface area contributed by atoms with Crippen molar-refractivity contribution in [1.29, 1.82) is 0 Å². The van der Waals surface area contributed by atoms with Gasteiger partial charge in [-0.15, -0.1) is 0 Å². The monoisotopic (exact) mass is 344 g/mol. The molecule has 0 atom stereocenters. The van der Waals surface area contributed by atoms with Crippen molar-refractivity contribution in [2.75, 3.05) is 31.6 Å². The van der Waals surface area contributed by atoms with Gasteiger partial charge in [0.05, 0.1) is 17.3 Å². The number of carbonyl (C=O) groups is 1. The lowest BCUT2D eigenvalue weighted by Crippen LogP contribution is -2.44. The highest BCUT2D eigenvalue weighted by Crippen LogP contribution is 2.34. The van der Waals surface area contributed by atoms with E-state index in [1.54, 1.807) is 18.2 Å². The Morgan fingerprint density at radius 2 is 2.05 bits per heavy atom. The number of hydrogen-bond acceptors (Lipinski definition) is 3. The van der Waals surface area contributed by atoms with Gasteiger partial charge in [0.1, 0.15) is 0 Å². The van der Waals surface area contributed by atoms with E-state index in [1.807, 2.05) is 0 Å². The molecule has 4 nitrogen and oxygen atoms in total. The summed E-state index contributed by atoms with van der Waals surface area (Å²) in [5.74, 6) is -0.0859. The number of rotatable bonds is 5. The van der Waals surface area contributed by atoms with Crippen LogP contribution in [0.25, 0.3) is 0 Å². The van der Waals surface area contributed by atoms with Gasteiger partial charge in [-0.1, -0.05) is 30.1 Å². The highest BCUT2D eigenvalue weighted by molar-refractivity contribution is 6.36. The van der Waals surface area contributed by atoms with Crippen molar-refractivity contribution >= 4 is 34.8 Å². The Bertz CT molecular complexity index is 523. The van der Waals surface area contributed by atoms with Gasteiger partial charge >= 0.3 is 0 Å². The number of nitrogens with one attached hydrogen (secondary N) is 1. The summed E-state index contributed by atoms with van der Waals surface area (Å²) in [7, 11) is 0. The zero-order valence-corrected chi connectivity index (χ0v) is 14.3. The molecule has 0 aromatic heterocycles. The Kier molecular flexibility index (Phi) is 6.09. The topological polar surface area (TPSA) is 52.6 Å². The van der Waals surface area contributed by atoms with Gasteiger partial charge in [0.15, 0.2) is 0 Å². The number of carbonyl (C=O) groups excluding carboxylic acids is 1. The number of piperidine rings is 1. The molecule has 1 fully saturated rings. The number of anilines is 1. The van der Waals surface area contributed by atoms with Crippen molar-refractivity contribution in [3.05, 3.63) is 28.2 Å². The quantitative estimate of drug-likeness (QED) is 0.860. The smallest absolute Gasteiger partial charge is 0.238 e. The minimum atomic E-state index is -0.0859. The van der Waals surface area contributed by atoms with Crippen molar-refractivity contribution in [3.8, 4) is 0 Å². The van der Waals surface area contributed by atoms with Crippen LogP contribution in [0.3, 0.4) is 0 Å². The third-order valence-electron chi connectivity index (χ3n) is 4.57. The van der Waals surface area contributed by atoms with Crippen LogP contribution in [-0.4, -0.2) is 42.2 Å². The van der Waals surface area contributed by atoms with Crippen molar-refractivity contribution in [2.45, 2.75) is 26.2 Å². The standard InChI is InChI=1S/C16H22Cl2N2O2/c1-2-16(11-21)5-7-20(8-6-16)10-15(22)19-14-4-3-12(17)9-13(14)18/h3-4,9,21H,2,5-8,10-11H2,1H3,(H,19,22). The SMILES string of the molecule is CCC1(CO)CCN(CC(=O)Nc2ccc(Cl)cc2Cl)CC1. The van der Waals surface area contributed by atoms with Crippen LogP contribution in [-0.2, 0) is 4.79 Å². The van der Waals surface area contributed by atoms with Crippen LogP contribution >= 0.6 is 23.2 Å². The van der Waals surface area contributed by atoms with Gasteiger partial charge in [-0.2, -0.15) is 0 Å². The number of aliphatic hydroxyl groups is 1. The number of aliphatic hydroxyl groups excluding tert-OH is 1. The van der Waals surface area contributed by atoms with Gasteiger partial charge in [0.25, 0.3) is 0 Å². The van der Waals surface area contributed by atoms with Crippen LogP contribution in [0.5, 0.6) is 0 Å². The summed E-state index contributed by atoms with van der Waals surface area (Å²) in [5.41, 5.74) is 0.610. The van der Waals surface area contributed by atoms with Gasteiger partial charge in [-0.05, 0) is 56.0 Å². The molecule has 1 heterocycles. The van der Waals surface area contributed by atoms with E-state index in [9.17, 15) is 9.90 Å². The Balaban J connectivity index is 1.86. The molecule has 22 heavy (non-hydrogen) atoms. The fraction of sp³-hybridized carbons (Fsp3) is 0.562. The first-order valence-electron chi connectivity index (χ1n) is 7.56. The first-order chi connectivity index (χ1) is 10.5. The maximum atomic E-state index is 12.1. The number of benzene rings is 1. The molecule has 1 aliphatic rings. The predicted octanol–water partition coefficient (Wildman–Crippen LogP) is 3.42. The lowest BCUT2D eigenvalue weighted by molar-refractivity contribution is -0.118. The molecule has 0 aliphatic carbocycles. The lowest BCUT2D eigenvalue weighted by Gasteiger charge is -2.39. The summed E-state index contributed by atoms with van der Waals surface area (Å²) in [6.45, 7) is 4.33. The average Bonchev–Trinajstić information content (AvgIpc) is 2.51. The maximum Gasteiger partial charge on any atom is 0.238 e. The number of hydrogen-bond donors (Lipinski definition) is 2. The first-order valence-corrected chi connectivity index (χ1v) is 8.32. The predicted molar refractivity (Wildman–Crippen MR) is 90.6 cm³/mol. The van der Waals surface area contributed by atoms with E-state index < -0.39 is 0 Å². The van der Waals surface area contributed by atoms with Crippen LogP contribution < -0.4 is 5.32 Å². The number of nitrogens with zero attached hydrogens (tertiary/aromatic N) is 1. The third-order valence-corrected chi connectivity index (χ3v) is 5.12. The molecule has 1 saturated heterocycles. The lowest BCUT2D eigenvalue weighted by atomic mass is 9.77. The summed E-state index contributed by atoms with van der Waals surface area (Å²) in [6.07, 6.45) is 2.83. The van der Waals surface area contributed by atoms with Gasteiger partial charge < -0.3 is 10.4 Å². The van der Waals surface area contributed by atoms with Crippen LogP contribution in [0.1, 0.15) is 26.2 Å². The number of halogens is 2. The molecule has 2 rings (SSSR count). The molecule has 1 aromatic rings. The maximum absolute atomic E-state index is 12.1. The Hall–Kier alpha value is -0.810. The average molecular weight is 345 g/mol.